The highest BCUT2D eigenvalue weighted by Gasteiger charge is 2.08. The van der Waals surface area contributed by atoms with Gasteiger partial charge in [-0.3, -0.25) is 4.79 Å². The maximum Gasteiger partial charge on any atom is 0.258 e. The van der Waals surface area contributed by atoms with E-state index in [1.807, 2.05) is 19.9 Å². The minimum Gasteiger partial charge on any atom is -0.484 e. The van der Waals surface area contributed by atoms with E-state index < -0.39 is 0 Å². The molecule has 0 atom stereocenters. The summed E-state index contributed by atoms with van der Waals surface area (Å²) < 4.78 is 10.9. The van der Waals surface area contributed by atoms with Crippen molar-refractivity contribution in [3.8, 4) is 11.6 Å². The average molecular weight is 335 g/mol. The Hall–Kier alpha value is -2.27. The summed E-state index contributed by atoms with van der Waals surface area (Å²) >= 11 is 5.95. The Bertz CT molecular complexity index is 677. The third-order valence-electron chi connectivity index (χ3n) is 3.11. The standard InChI is InChI=1S/C17H19ClN2O3/c1-3-22-17-13(5-4-8-19-17)10-20-16(21)11-23-14-6-7-15(18)12(2)9-14/h4-9H,3,10-11H2,1-2H3,(H,20,21). The number of halogens is 1. The summed E-state index contributed by atoms with van der Waals surface area (Å²) in [7, 11) is 0. The maximum absolute atomic E-state index is 11.9. The summed E-state index contributed by atoms with van der Waals surface area (Å²) in [5.41, 5.74) is 1.73. The van der Waals surface area contributed by atoms with Crippen LogP contribution in [-0.2, 0) is 11.3 Å². The lowest BCUT2D eigenvalue weighted by Gasteiger charge is -2.11. The van der Waals surface area contributed by atoms with E-state index in [0.29, 0.717) is 29.8 Å². The third-order valence-corrected chi connectivity index (χ3v) is 3.53. The van der Waals surface area contributed by atoms with Crippen LogP contribution in [0.2, 0.25) is 5.02 Å². The van der Waals surface area contributed by atoms with Crippen LogP contribution in [0.5, 0.6) is 11.6 Å². The van der Waals surface area contributed by atoms with Gasteiger partial charge in [0.15, 0.2) is 6.61 Å². The molecule has 0 fully saturated rings. The number of rotatable bonds is 7. The fraction of sp³-hybridized carbons (Fsp3) is 0.294. The van der Waals surface area contributed by atoms with Crippen molar-refractivity contribution in [2.45, 2.75) is 20.4 Å². The monoisotopic (exact) mass is 334 g/mol. The summed E-state index contributed by atoms with van der Waals surface area (Å²) in [5, 5.41) is 3.45. The SMILES string of the molecule is CCOc1ncccc1CNC(=O)COc1ccc(Cl)c(C)c1. The van der Waals surface area contributed by atoms with Crippen molar-refractivity contribution in [2.24, 2.45) is 0 Å². The van der Waals surface area contributed by atoms with E-state index in [1.54, 1.807) is 30.5 Å². The van der Waals surface area contributed by atoms with Gasteiger partial charge in [-0.25, -0.2) is 4.98 Å². The minimum atomic E-state index is -0.219. The number of carbonyl (C=O) groups excluding carboxylic acids is 1. The molecule has 0 aliphatic heterocycles. The van der Waals surface area contributed by atoms with E-state index >= 15 is 0 Å². The molecule has 1 amide bonds. The van der Waals surface area contributed by atoms with Crippen LogP contribution in [0.4, 0.5) is 0 Å². The number of benzene rings is 1. The van der Waals surface area contributed by atoms with Gasteiger partial charge in [0.1, 0.15) is 5.75 Å². The predicted octanol–water partition coefficient (Wildman–Crippen LogP) is 3.14. The van der Waals surface area contributed by atoms with Crippen LogP contribution in [0, 0.1) is 6.92 Å². The summed E-state index contributed by atoms with van der Waals surface area (Å²) in [6.45, 7) is 4.57. The Morgan fingerprint density at radius 3 is 2.87 bits per heavy atom. The van der Waals surface area contributed by atoms with Crippen LogP contribution in [0.3, 0.4) is 0 Å². The smallest absolute Gasteiger partial charge is 0.258 e. The van der Waals surface area contributed by atoms with Crippen molar-refractivity contribution in [3.05, 3.63) is 52.7 Å². The molecular weight excluding hydrogens is 316 g/mol. The first-order valence-electron chi connectivity index (χ1n) is 7.32. The fourth-order valence-corrected chi connectivity index (χ4v) is 2.04. The Labute approximate surface area is 140 Å². The molecule has 1 heterocycles. The van der Waals surface area contributed by atoms with Gasteiger partial charge in [-0.1, -0.05) is 17.7 Å². The first-order valence-corrected chi connectivity index (χ1v) is 7.70. The normalized spacial score (nSPS) is 10.2. The van der Waals surface area contributed by atoms with Gasteiger partial charge >= 0.3 is 0 Å². The van der Waals surface area contributed by atoms with Gasteiger partial charge in [-0.05, 0) is 43.7 Å². The molecule has 0 aliphatic carbocycles. The van der Waals surface area contributed by atoms with Crippen LogP contribution in [0.1, 0.15) is 18.1 Å². The topological polar surface area (TPSA) is 60.5 Å². The number of aromatic nitrogens is 1. The molecule has 1 aromatic heterocycles. The number of amides is 1. The second kappa shape index (κ2) is 8.39. The van der Waals surface area contributed by atoms with Gasteiger partial charge in [-0.2, -0.15) is 0 Å². The van der Waals surface area contributed by atoms with Crippen LogP contribution < -0.4 is 14.8 Å². The molecule has 1 N–H and O–H groups in total. The van der Waals surface area contributed by atoms with E-state index in [4.69, 9.17) is 21.1 Å². The summed E-state index contributed by atoms with van der Waals surface area (Å²) in [4.78, 5) is 16.0. The summed E-state index contributed by atoms with van der Waals surface area (Å²) in [6, 6.07) is 8.94. The molecule has 0 saturated heterocycles. The molecule has 0 radical (unpaired) electrons. The van der Waals surface area contributed by atoms with E-state index in [0.717, 1.165) is 11.1 Å². The van der Waals surface area contributed by atoms with Gasteiger partial charge < -0.3 is 14.8 Å². The van der Waals surface area contributed by atoms with Crippen molar-refractivity contribution in [2.75, 3.05) is 13.2 Å². The number of nitrogens with zero attached hydrogens (tertiary/aromatic N) is 1. The van der Waals surface area contributed by atoms with Crippen LogP contribution in [0.15, 0.2) is 36.5 Å². The van der Waals surface area contributed by atoms with Gasteiger partial charge in [0.25, 0.3) is 5.91 Å². The first-order chi connectivity index (χ1) is 11.1. The number of ether oxygens (including phenoxy) is 2. The van der Waals surface area contributed by atoms with Crippen LogP contribution >= 0.6 is 11.6 Å². The minimum absolute atomic E-state index is 0.0642. The zero-order valence-corrected chi connectivity index (χ0v) is 13.9. The zero-order valence-electron chi connectivity index (χ0n) is 13.1. The number of hydrogen-bond donors (Lipinski definition) is 1. The highest BCUT2D eigenvalue weighted by atomic mass is 35.5. The highest BCUT2D eigenvalue weighted by Crippen LogP contribution is 2.21. The van der Waals surface area contributed by atoms with Crippen molar-refractivity contribution >= 4 is 17.5 Å². The number of hydrogen-bond acceptors (Lipinski definition) is 4. The molecule has 23 heavy (non-hydrogen) atoms. The molecule has 122 valence electrons. The van der Waals surface area contributed by atoms with Crippen molar-refractivity contribution in [1.82, 2.24) is 10.3 Å². The van der Waals surface area contributed by atoms with Crippen molar-refractivity contribution in [1.29, 1.82) is 0 Å². The average Bonchev–Trinajstić information content (AvgIpc) is 2.55. The molecule has 0 saturated carbocycles. The largest absolute Gasteiger partial charge is 0.484 e. The molecule has 6 heteroatoms. The van der Waals surface area contributed by atoms with Gasteiger partial charge in [0, 0.05) is 23.3 Å². The predicted molar refractivity (Wildman–Crippen MR) is 88.9 cm³/mol. The molecule has 0 bridgehead atoms. The molecule has 2 rings (SSSR count). The molecule has 2 aromatic rings. The quantitative estimate of drug-likeness (QED) is 0.845. The summed E-state index contributed by atoms with van der Waals surface area (Å²) in [6.07, 6.45) is 1.66. The third kappa shape index (κ3) is 5.14. The molecule has 0 unspecified atom stereocenters. The second-order valence-corrected chi connectivity index (χ2v) is 5.28. The Kier molecular flexibility index (Phi) is 6.23. The molecule has 0 aliphatic rings. The van der Waals surface area contributed by atoms with Gasteiger partial charge in [-0.15, -0.1) is 0 Å². The van der Waals surface area contributed by atoms with Crippen LogP contribution in [-0.4, -0.2) is 24.1 Å². The van der Waals surface area contributed by atoms with E-state index in [9.17, 15) is 4.79 Å². The number of pyridine rings is 1. The van der Waals surface area contributed by atoms with E-state index in [-0.39, 0.29) is 12.5 Å². The Morgan fingerprint density at radius 2 is 2.13 bits per heavy atom. The van der Waals surface area contributed by atoms with Gasteiger partial charge in [0.05, 0.1) is 6.61 Å². The second-order valence-electron chi connectivity index (χ2n) is 4.88. The molecular formula is C17H19ClN2O3. The zero-order chi connectivity index (χ0) is 16.7. The summed E-state index contributed by atoms with van der Waals surface area (Å²) in [5.74, 6) is 0.923. The fourth-order valence-electron chi connectivity index (χ4n) is 1.93. The van der Waals surface area contributed by atoms with Crippen molar-refractivity contribution in [3.63, 3.8) is 0 Å². The van der Waals surface area contributed by atoms with Crippen LogP contribution in [0.25, 0.3) is 0 Å². The molecule has 1 aromatic carbocycles. The molecule has 0 spiro atoms. The number of aryl methyl sites for hydroxylation is 1. The van der Waals surface area contributed by atoms with E-state index in [1.165, 1.54) is 0 Å². The number of nitrogens with one attached hydrogen (secondary N) is 1. The Balaban J connectivity index is 1.84. The highest BCUT2D eigenvalue weighted by molar-refractivity contribution is 6.31. The maximum atomic E-state index is 11.9. The van der Waals surface area contributed by atoms with Gasteiger partial charge in [0.2, 0.25) is 5.88 Å². The first kappa shape index (κ1) is 17.1. The lowest BCUT2D eigenvalue weighted by molar-refractivity contribution is -0.123. The Morgan fingerprint density at radius 1 is 1.30 bits per heavy atom. The molecule has 5 nitrogen and oxygen atoms in total. The lowest BCUT2D eigenvalue weighted by Crippen LogP contribution is -2.28. The lowest BCUT2D eigenvalue weighted by atomic mass is 10.2. The van der Waals surface area contributed by atoms with Crippen molar-refractivity contribution < 1.29 is 14.3 Å². The van der Waals surface area contributed by atoms with E-state index in [2.05, 4.69) is 10.3 Å². The number of carbonyl (C=O) groups is 1.